The Labute approximate surface area is 597 Å². The Hall–Kier alpha value is -8.17. The third-order valence-electron chi connectivity index (χ3n) is 19.3. The highest BCUT2D eigenvalue weighted by molar-refractivity contribution is 14.1. The van der Waals surface area contributed by atoms with E-state index in [4.69, 9.17) is 4.74 Å². The van der Waals surface area contributed by atoms with Gasteiger partial charge in [-0.1, -0.05) is 108 Å². The molecule has 3 aromatic carbocycles. The molecule has 99 heavy (non-hydrogen) atoms. The molecule has 3 fully saturated rings. The van der Waals surface area contributed by atoms with Crippen LogP contribution in [0, 0.1) is 28.2 Å². The molecule has 9 atom stereocenters. The second kappa shape index (κ2) is 36.3. The number of aryl methyl sites for hydroxylation is 1. The Morgan fingerprint density at radius 1 is 0.596 bits per heavy atom. The topological polar surface area (TPSA) is 288 Å². The van der Waals surface area contributed by atoms with Crippen molar-refractivity contribution in [3.63, 3.8) is 0 Å². The second-order valence-corrected chi connectivity index (χ2v) is 29.5. The van der Waals surface area contributed by atoms with E-state index in [-0.39, 0.29) is 50.5 Å². The first-order chi connectivity index (χ1) is 46.6. The first-order valence-corrected chi connectivity index (χ1v) is 35.6. The monoisotopic (exact) mass is 1480 g/mol. The van der Waals surface area contributed by atoms with E-state index in [0.29, 0.717) is 49.2 Å². The zero-order valence-electron chi connectivity index (χ0n) is 60.4. The summed E-state index contributed by atoms with van der Waals surface area (Å²) >= 11 is 2.13. The summed E-state index contributed by atoms with van der Waals surface area (Å²) in [5.74, 6) is -8.63. The van der Waals surface area contributed by atoms with E-state index in [1.54, 1.807) is 54.3 Å². The lowest BCUT2D eigenvalue weighted by Crippen LogP contribution is -2.64. The van der Waals surface area contributed by atoms with Crippen LogP contribution in [0.2, 0.25) is 0 Å². The molecule has 0 aliphatic carbocycles. The summed E-state index contributed by atoms with van der Waals surface area (Å²) in [6, 6.07) is 12.9. The van der Waals surface area contributed by atoms with Gasteiger partial charge in [0.2, 0.25) is 70.9 Å². The Morgan fingerprint density at radius 3 is 1.83 bits per heavy atom. The van der Waals surface area contributed by atoms with Crippen molar-refractivity contribution < 1.29 is 62.3 Å². The summed E-state index contributed by atoms with van der Waals surface area (Å²) in [6.45, 7) is 15.2. The van der Waals surface area contributed by atoms with Gasteiger partial charge in [-0.25, -0.2) is 0 Å². The lowest BCUT2D eigenvalue weighted by molar-refractivity contribution is -0.157. The van der Waals surface area contributed by atoms with E-state index in [9.17, 15) is 38.4 Å². The number of piperidine rings is 1. The molecule has 542 valence electrons. The van der Waals surface area contributed by atoms with Crippen LogP contribution in [-0.2, 0) is 70.4 Å². The van der Waals surface area contributed by atoms with Gasteiger partial charge in [0.1, 0.15) is 66.2 Å². The molecule has 0 spiro atoms. The van der Waals surface area contributed by atoms with Gasteiger partial charge in [-0.15, -0.1) is 0 Å². The van der Waals surface area contributed by atoms with Crippen LogP contribution in [0.4, 0.5) is 0 Å². The van der Waals surface area contributed by atoms with Gasteiger partial charge < -0.3 is 65.2 Å². The van der Waals surface area contributed by atoms with Crippen molar-refractivity contribution in [1.82, 2.24) is 60.5 Å². The van der Waals surface area contributed by atoms with E-state index in [1.807, 2.05) is 77.9 Å². The molecule has 1 unspecified atom stereocenters. The number of likely N-dealkylation sites (N-methyl/N-ethyl adjacent to an activating group) is 6. The van der Waals surface area contributed by atoms with Gasteiger partial charge in [0.25, 0.3) is 0 Å². The number of amides is 12. The van der Waals surface area contributed by atoms with Gasteiger partial charge >= 0.3 is 0 Å². The van der Waals surface area contributed by atoms with E-state index >= 15 is 19.2 Å². The summed E-state index contributed by atoms with van der Waals surface area (Å²) in [5.41, 5.74) is 0.497. The third kappa shape index (κ3) is 21.4. The average Bonchev–Trinajstić information content (AvgIpc) is 0.799. The lowest BCUT2D eigenvalue weighted by atomic mass is 9.95. The van der Waals surface area contributed by atoms with E-state index < -0.39 is 157 Å². The average molecular weight is 1490 g/mol. The highest BCUT2D eigenvalue weighted by Crippen LogP contribution is 2.26. The van der Waals surface area contributed by atoms with E-state index in [2.05, 4.69) is 43.9 Å². The zero-order chi connectivity index (χ0) is 73.3. The number of halogens is 1. The lowest BCUT2D eigenvalue weighted by Gasteiger charge is -2.43. The Bertz CT molecular complexity index is 3360. The van der Waals surface area contributed by atoms with Gasteiger partial charge in [-0.2, -0.15) is 0 Å². The van der Waals surface area contributed by atoms with Crippen LogP contribution in [-0.4, -0.2) is 246 Å². The second-order valence-electron chi connectivity index (χ2n) is 28.3. The normalized spacial score (nSPS) is 24.4. The maximum atomic E-state index is 15.2. The predicted octanol–water partition coefficient (Wildman–Crippen LogP) is 4.19. The van der Waals surface area contributed by atoms with Crippen molar-refractivity contribution in [3.05, 3.63) is 99.1 Å². The molecule has 3 aliphatic heterocycles. The molecule has 3 saturated heterocycles. The van der Waals surface area contributed by atoms with Crippen LogP contribution >= 0.6 is 22.6 Å². The zero-order valence-corrected chi connectivity index (χ0v) is 62.6. The molecule has 0 saturated carbocycles. The quantitative estimate of drug-likeness (QED) is 0.165. The fourth-order valence-electron chi connectivity index (χ4n) is 12.4. The SMILES string of the molecule is CC[C@H](C)[C@@H]1NC(=O)[C@H](CC(C)C)N(C)C(=O)C[C@@H](C(=O)N2CCCCC2)N(C)C(=O)[C@H](CC(C)C)NC(=O)C(C)(C)N(C)C(=O)[C@H](COc2ccccc2)NC(=O)[C@H](Cc2cccc(I)c2)NC(=O)CN(C)C(=O)[C@H](Cc2ccc(C)cc2)N(C)C(=O)C2CCN2C(=O)CN(C)C1=O. The van der Waals surface area contributed by atoms with Crippen LogP contribution in [0.3, 0.4) is 0 Å². The van der Waals surface area contributed by atoms with Crippen molar-refractivity contribution in [1.29, 1.82) is 0 Å². The number of nitrogens with one attached hydrogen (secondary N) is 4. The van der Waals surface area contributed by atoms with Crippen LogP contribution in [0.1, 0.15) is 123 Å². The maximum absolute atomic E-state index is 15.2. The molecule has 4 N–H and O–H groups in total. The van der Waals surface area contributed by atoms with Crippen molar-refractivity contribution in [2.24, 2.45) is 17.8 Å². The smallest absolute Gasteiger partial charge is 0.249 e. The minimum atomic E-state index is -1.78. The fourth-order valence-corrected chi connectivity index (χ4v) is 13.0. The van der Waals surface area contributed by atoms with Crippen molar-refractivity contribution in [3.8, 4) is 5.75 Å². The molecule has 0 bridgehead atoms. The first-order valence-electron chi connectivity index (χ1n) is 34.5. The molecule has 3 heterocycles. The van der Waals surface area contributed by atoms with Crippen LogP contribution in [0.15, 0.2) is 78.9 Å². The van der Waals surface area contributed by atoms with E-state index in [0.717, 1.165) is 25.4 Å². The fraction of sp³-hybridized carbons (Fsp3) is 0.589. The molecule has 25 nitrogen and oxygen atoms in total. The number of hydrogen-bond donors (Lipinski definition) is 4. The summed E-state index contributed by atoms with van der Waals surface area (Å²) < 4.78 is 6.96. The highest BCUT2D eigenvalue weighted by Gasteiger charge is 2.46. The largest absolute Gasteiger partial charge is 0.491 e. The standard InChI is InChI=1S/C73H105IN12O13/c1-16-48(7)63-71(97)80(11)43-62(89)86-35-32-56(86)69(95)83(14)58(40-49-30-28-47(6)29-31-49)68(94)79(10)42-60(87)75-53(39-50-24-23-25-51(74)38-50)64(90)76-55(44-99-52-26-19-17-20-27-52)67(93)84(15)73(8,9)72(98)77-54(36-45(2)3)66(92)82(13)59(70(96)85-33-21-18-22-34-85)41-61(88)81(12)57(37-46(4)5)65(91)78-63/h17,19-20,23-31,38,45-46,48,53-59,63H,16,18,21-22,32-37,39-44H2,1-15H3,(H,75,87)(H,76,90)(H,77,98)(H,78,91)/t48-,53-,54-,55-,56?,57-,58-,59-,63-/m0/s1. The summed E-state index contributed by atoms with van der Waals surface area (Å²) in [4.78, 5) is 188. The Kier molecular flexibility index (Phi) is 29.2. The number of nitrogens with zero attached hydrogens (tertiary/aromatic N) is 8. The number of para-hydroxylation sites is 1. The number of fused-ring (bicyclic) bond motifs is 1. The maximum Gasteiger partial charge on any atom is 0.249 e. The van der Waals surface area contributed by atoms with Crippen molar-refractivity contribution in [2.45, 2.75) is 180 Å². The van der Waals surface area contributed by atoms with Crippen LogP contribution in [0.5, 0.6) is 5.75 Å². The number of ether oxygens (including phenoxy) is 1. The molecule has 0 aromatic heterocycles. The molecular weight excluding hydrogens is 1380 g/mol. The van der Waals surface area contributed by atoms with Crippen LogP contribution in [0.25, 0.3) is 0 Å². The predicted molar refractivity (Wildman–Crippen MR) is 383 cm³/mol. The summed E-state index contributed by atoms with van der Waals surface area (Å²) in [5, 5.41) is 11.4. The van der Waals surface area contributed by atoms with Gasteiger partial charge in [-0.3, -0.25) is 57.5 Å². The molecule has 26 heteroatoms. The number of hydrogen-bond acceptors (Lipinski definition) is 13. The van der Waals surface area contributed by atoms with Gasteiger partial charge in [0.05, 0.1) is 19.5 Å². The number of benzene rings is 3. The summed E-state index contributed by atoms with van der Waals surface area (Å²) in [6.07, 6.45) is 2.44. The number of rotatable bonds is 14. The van der Waals surface area contributed by atoms with Gasteiger partial charge in [0.15, 0.2) is 0 Å². The first kappa shape index (κ1) is 79.8. The molecular formula is C73H105IN12O13. The van der Waals surface area contributed by atoms with Crippen molar-refractivity contribution in [2.75, 3.05) is 81.6 Å². The minimum Gasteiger partial charge on any atom is -0.491 e. The Morgan fingerprint density at radius 2 is 1.23 bits per heavy atom. The van der Waals surface area contributed by atoms with Gasteiger partial charge in [0, 0.05) is 78.3 Å². The van der Waals surface area contributed by atoms with Crippen molar-refractivity contribution >= 4 is 93.5 Å². The minimum absolute atomic E-state index is 0.00784. The van der Waals surface area contributed by atoms with Crippen LogP contribution < -0.4 is 26.0 Å². The number of carbonyl (C=O) groups excluding carboxylic acids is 12. The summed E-state index contributed by atoms with van der Waals surface area (Å²) in [7, 11) is 8.47. The van der Waals surface area contributed by atoms with Gasteiger partial charge in [-0.05, 0) is 135 Å². The molecule has 0 radical (unpaired) electrons. The molecule has 3 aliphatic rings. The van der Waals surface area contributed by atoms with E-state index in [1.165, 1.54) is 80.6 Å². The molecule has 3 aromatic rings. The highest BCUT2D eigenvalue weighted by atomic mass is 127. The third-order valence-corrected chi connectivity index (χ3v) is 20.0. The number of likely N-dealkylation sites (tertiary alicyclic amines) is 1. The molecule has 12 amide bonds. The Balaban J connectivity index is 1.44. The molecule has 6 rings (SSSR count). The number of carbonyl (C=O) groups is 12.